The molecule has 3 rings (SSSR count). The lowest BCUT2D eigenvalue weighted by Gasteiger charge is -2.26. The molecule has 1 N–H and O–H groups in total. The third kappa shape index (κ3) is 5.27. The van der Waals surface area contributed by atoms with Crippen LogP contribution in [0, 0.1) is 0 Å². The number of aliphatic hydroxyl groups is 1. The van der Waals surface area contributed by atoms with Crippen molar-refractivity contribution in [3.8, 4) is 5.75 Å². The number of hydrogen-bond acceptors (Lipinski definition) is 4. The average molecular weight is 376 g/mol. The Bertz CT molecular complexity index is 775. The lowest BCUT2D eigenvalue weighted by Crippen LogP contribution is -2.31. The highest BCUT2D eigenvalue weighted by Crippen LogP contribution is 2.30. The molecular weight excluding hydrogens is 357 g/mol. The van der Waals surface area contributed by atoms with Crippen LogP contribution in [-0.4, -0.2) is 29.3 Å². The lowest BCUT2D eigenvalue weighted by atomic mass is 10.2. The molecule has 1 atom stereocenters. The molecule has 0 unspecified atom stereocenters. The van der Waals surface area contributed by atoms with Gasteiger partial charge in [-0.05, 0) is 36.4 Å². The summed E-state index contributed by atoms with van der Waals surface area (Å²) < 4.78 is 42.9. The van der Waals surface area contributed by atoms with E-state index >= 15 is 0 Å². The van der Waals surface area contributed by atoms with Gasteiger partial charge in [0.05, 0.1) is 12.1 Å². The summed E-state index contributed by atoms with van der Waals surface area (Å²) in [6.45, 7) is 0.280. The summed E-state index contributed by atoms with van der Waals surface area (Å²) in [4.78, 5) is 3.75. The minimum atomic E-state index is -4.38. The first-order valence-corrected chi connectivity index (χ1v) is 8.36. The van der Waals surface area contributed by atoms with Crippen molar-refractivity contribution in [2.75, 3.05) is 18.1 Å². The van der Waals surface area contributed by atoms with Gasteiger partial charge in [-0.1, -0.05) is 18.2 Å². The van der Waals surface area contributed by atoms with Crippen LogP contribution in [-0.2, 0) is 6.18 Å². The van der Waals surface area contributed by atoms with Gasteiger partial charge in [0, 0.05) is 30.5 Å². The predicted molar refractivity (Wildman–Crippen MR) is 96.9 cm³/mol. The van der Waals surface area contributed by atoms with Crippen molar-refractivity contribution in [3.05, 3.63) is 85.0 Å². The van der Waals surface area contributed by atoms with E-state index in [1.165, 1.54) is 12.1 Å². The lowest BCUT2D eigenvalue weighted by molar-refractivity contribution is -0.137. The SMILES string of the molecule is O[C@@H](COc1ccc(C(F)(F)F)cc1)CN1C=CN(c2ccccc2)C=C1. The Balaban J connectivity index is 1.46. The second-order valence-electron chi connectivity index (χ2n) is 6.02. The Morgan fingerprint density at radius 2 is 1.52 bits per heavy atom. The van der Waals surface area contributed by atoms with E-state index in [4.69, 9.17) is 4.74 Å². The topological polar surface area (TPSA) is 35.9 Å². The van der Waals surface area contributed by atoms with Crippen LogP contribution in [0.1, 0.15) is 5.56 Å². The molecule has 1 heterocycles. The van der Waals surface area contributed by atoms with Crippen molar-refractivity contribution >= 4 is 5.69 Å². The first-order valence-electron chi connectivity index (χ1n) is 8.36. The maximum absolute atomic E-state index is 12.5. The number of nitrogens with zero attached hydrogens (tertiary/aromatic N) is 2. The molecule has 2 aromatic rings. The zero-order chi connectivity index (χ0) is 19.3. The number of β-amino-alcohol motifs (C(OH)–C–C–N with tert-alkyl or cyclic N) is 1. The number of hydrogen-bond donors (Lipinski definition) is 1. The van der Waals surface area contributed by atoms with E-state index in [0.29, 0.717) is 6.54 Å². The molecule has 142 valence electrons. The fraction of sp³-hybridized carbons (Fsp3) is 0.200. The minimum absolute atomic E-state index is 0.0219. The Labute approximate surface area is 155 Å². The fourth-order valence-corrected chi connectivity index (χ4v) is 2.54. The van der Waals surface area contributed by atoms with Gasteiger partial charge in [0.1, 0.15) is 18.5 Å². The summed E-state index contributed by atoms with van der Waals surface area (Å²) in [6.07, 6.45) is 2.23. The Morgan fingerprint density at radius 1 is 0.889 bits per heavy atom. The van der Waals surface area contributed by atoms with Gasteiger partial charge in [-0.25, -0.2) is 0 Å². The molecule has 0 saturated heterocycles. The van der Waals surface area contributed by atoms with Gasteiger partial charge >= 0.3 is 6.18 Å². The number of ether oxygens (including phenoxy) is 1. The third-order valence-corrected chi connectivity index (χ3v) is 3.94. The molecule has 0 aromatic heterocycles. The highest BCUT2D eigenvalue weighted by molar-refractivity contribution is 5.52. The molecule has 27 heavy (non-hydrogen) atoms. The highest BCUT2D eigenvalue weighted by Gasteiger charge is 2.30. The van der Waals surface area contributed by atoms with Crippen LogP contribution >= 0.6 is 0 Å². The number of alkyl halides is 3. The van der Waals surface area contributed by atoms with Crippen LogP contribution in [0.5, 0.6) is 5.75 Å². The van der Waals surface area contributed by atoms with Gasteiger partial charge < -0.3 is 19.6 Å². The molecule has 1 aliphatic rings. The Kier molecular flexibility index (Phi) is 5.71. The van der Waals surface area contributed by atoms with Crippen LogP contribution in [0.4, 0.5) is 18.9 Å². The Morgan fingerprint density at radius 3 is 2.11 bits per heavy atom. The van der Waals surface area contributed by atoms with Crippen LogP contribution in [0.3, 0.4) is 0 Å². The molecule has 0 radical (unpaired) electrons. The van der Waals surface area contributed by atoms with Gasteiger partial charge in [0.15, 0.2) is 0 Å². The van der Waals surface area contributed by atoms with Crippen molar-refractivity contribution in [1.29, 1.82) is 0 Å². The first kappa shape index (κ1) is 18.8. The fourth-order valence-electron chi connectivity index (χ4n) is 2.54. The van der Waals surface area contributed by atoms with E-state index in [2.05, 4.69) is 0 Å². The van der Waals surface area contributed by atoms with Crippen LogP contribution in [0.25, 0.3) is 0 Å². The first-order chi connectivity index (χ1) is 12.9. The van der Waals surface area contributed by atoms with Crippen molar-refractivity contribution in [2.24, 2.45) is 0 Å². The number of rotatable bonds is 6. The molecule has 0 amide bonds. The number of para-hydroxylation sites is 1. The van der Waals surface area contributed by atoms with E-state index in [0.717, 1.165) is 17.8 Å². The Hall–Kier alpha value is -2.93. The second-order valence-corrected chi connectivity index (χ2v) is 6.02. The van der Waals surface area contributed by atoms with E-state index in [1.807, 2.05) is 60.0 Å². The van der Waals surface area contributed by atoms with E-state index < -0.39 is 17.8 Å². The van der Waals surface area contributed by atoms with Crippen molar-refractivity contribution < 1.29 is 23.0 Å². The summed E-state index contributed by atoms with van der Waals surface area (Å²) in [5.74, 6) is 0.280. The standard InChI is InChI=1S/C20H19F3N2O2/c21-20(22,23)16-6-8-19(9-7-16)27-15-18(26)14-24-10-12-25(13-11-24)17-4-2-1-3-5-17/h1-13,18,26H,14-15H2/t18-/m1/s1. The maximum Gasteiger partial charge on any atom is 0.416 e. The number of halogens is 3. The molecule has 0 bridgehead atoms. The smallest absolute Gasteiger partial charge is 0.416 e. The van der Waals surface area contributed by atoms with Gasteiger partial charge in [-0.3, -0.25) is 0 Å². The van der Waals surface area contributed by atoms with Crippen LogP contribution < -0.4 is 9.64 Å². The normalized spacial score (nSPS) is 15.1. The van der Waals surface area contributed by atoms with Crippen LogP contribution in [0.15, 0.2) is 79.4 Å². The molecule has 4 nitrogen and oxygen atoms in total. The molecule has 0 fully saturated rings. The van der Waals surface area contributed by atoms with Gasteiger partial charge in [-0.2, -0.15) is 13.2 Å². The second kappa shape index (κ2) is 8.18. The van der Waals surface area contributed by atoms with E-state index in [9.17, 15) is 18.3 Å². The van der Waals surface area contributed by atoms with Gasteiger partial charge in [-0.15, -0.1) is 0 Å². The number of anilines is 1. The van der Waals surface area contributed by atoms with Gasteiger partial charge in [0.2, 0.25) is 0 Å². The molecule has 2 aromatic carbocycles. The average Bonchev–Trinajstić information content (AvgIpc) is 2.67. The molecule has 0 aliphatic carbocycles. The quantitative estimate of drug-likeness (QED) is 0.819. The van der Waals surface area contributed by atoms with Crippen molar-refractivity contribution in [1.82, 2.24) is 4.90 Å². The van der Waals surface area contributed by atoms with E-state index in [1.54, 1.807) is 4.90 Å². The highest BCUT2D eigenvalue weighted by atomic mass is 19.4. The third-order valence-electron chi connectivity index (χ3n) is 3.94. The monoisotopic (exact) mass is 376 g/mol. The summed E-state index contributed by atoms with van der Waals surface area (Å²) in [5.41, 5.74) is 0.290. The summed E-state index contributed by atoms with van der Waals surface area (Å²) in [5, 5.41) is 10.1. The largest absolute Gasteiger partial charge is 0.491 e. The zero-order valence-electron chi connectivity index (χ0n) is 14.4. The van der Waals surface area contributed by atoms with E-state index in [-0.39, 0.29) is 12.4 Å². The van der Waals surface area contributed by atoms with Crippen molar-refractivity contribution in [2.45, 2.75) is 12.3 Å². The molecule has 0 spiro atoms. The van der Waals surface area contributed by atoms with Crippen LogP contribution in [0.2, 0.25) is 0 Å². The zero-order valence-corrected chi connectivity index (χ0v) is 14.4. The number of benzene rings is 2. The molecule has 1 aliphatic heterocycles. The molecule has 7 heteroatoms. The summed E-state index contributed by atoms with van der Waals surface area (Å²) >= 11 is 0. The minimum Gasteiger partial charge on any atom is -0.491 e. The maximum atomic E-state index is 12.5. The number of aliphatic hydroxyl groups excluding tert-OH is 1. The molecule has 0 saturated carbocycles. The predicted octanol–water partition coefficient (Wildman–Crippen LogP) is 4.21. The molecular formula is C20H19F3N2O2. The van der Waals surface area contributed by atoms with Crippen molar-refractivity contribution in [3.63, 3.8) is 0 Å². The summed E-state index contributed by atoms with van der Waals surface area (Å²) in [6, 6.07) is 14.2. The summed E-state index contributed by atoms with van der Waals surface area (Å²) in [7, 11) is 0. The van der Waals surface area contributed by atoms with Gasteiger partial charge in [0.25, 0.3) is 0 Å².